The molecule has 6 rings (SSSR count). The van der Waals surface area contributed by atoms with Crippen LogP contribution >= 0.6 is 39.1 Å². The lowest BCUT2D eigenvalue weighted by Crippen LogP contribution is -2.47. The molecule has 180 valence electrons. The molecule has 1 aliphatic heterocycles. The van der Waals surface area contributed by atoms with Crippen molar-refractivity contribution in [2.24, 2.45) is 0 Å². The van der Waals surface area contributed by atoms with Crippen LogP contribution in [0.15, 0.2) is 53.3 Å². The topological polar surface area (TPSA) is 50.1 Å². The molecular weight excluding hydrogens is 547 g/mol. The van der Waals surface area contributed by atoms with Crippen molar-refractivity contribution in [2.75, 3.05) is 36.0 Å². The number of benzene rings is 2. The van der Waals surface area contributed by atoms with Crippen LogP contribution < -0.4 is 9.80 Å². The number of aromatic nitrogens is 4. The summed E-state index contributed by atoms with van der Waals surface area (Å²) in [6, 6.07) is 14.6. The highest BCUT2D eigenvalue weighted by Gasteiger charge is 2.28. The van der Waals surface area contributed by atoms with E-state index in [1.807, 2.05) is 18.2 Å². The molecule has 2 aromatic carbocycles. The molecule has 0 spiro atoms. The highest BCUT2D eigenvalue weighted by molar-refractivity contribution is 9.10. The number of rotatable bonds is 4. The van der Waals surface area contributed by atoms with Crippen LogP contribution in [0.4, 0.5) is 11.5 Å². The van der Waals surface area contributed by atoms with Crippen LogP contribution in [0.5, 0.6) is 0 Å². The SMILES string of the molecule is Clc1ccc(N2CCN(c3ncnc4c3nc(-c3ccc(Br)cc3)n4C3CCCC3)CC2)cc1Cl. The molecule has 0 bridgehead atoms. The third-order valence-electron chi connectivity index (χ3n) is 7.10. The van der Waals surface area contributed by atoms with Crippen molar-refractivity contribution in [3.8, 4) is 11.4 Å². The maximum absolute atomic E-state index is 6.25. The summed E-state index contributed by atoms with van der Waals surface area (Å²) in [4.78, 5) is 19.3. The first kappa shape index (κ1) is 23.1. The molecule has 2 aliphatic rings. The lowest BCUT2D eigenvalue weighted by atomic mass is 10.2. The molecule has 1 saturated heterocycles. The summed E-state index contributed by atoms with van der Waals surface area (Å²) >= 11 is 15.9. The summed E-state index contributed by atoms with van der Waals surface area (Å²) in [6.45, 7) is 3.42. The Hall–Kier alpha value is -2.35. The smallest absolute Gasteiger partial charge is 0.166 e. The summed E-state index contributed by atoms with van der Waals surface area (Å²) in [6.07, 6.45) is 6.52. The van der Waals surface area contributed by atoms with Gasteiger partial charge in [0.15, 0.2) is 17.0 Å². The molecule has 35 heavy (non-hydrogen) atoms. The average Bonchev–Trinajstić information content (AvgIpc) is 3.54. The lowest BCUT2D eigenvalue weighted by Gasteiger charge is -2.36. The van der Waals surface area contributed by atoms with Gasteiger partial charge in [0.25, 0.3) is 0 Å². The first-order chi connectivity index (χ1) is 17.1. The van der Waals surface area contributed by atoms with Gasteiger partial charge in [0.05, 0.1) is 10.0 Å². The normalized spacial score (nSPS) is 17.0. The Labute approximate surface area is 223 Å². The third-order valence-corrected chi connectivity index (χ3v) is 8.37. The van der Waals surface area contributed by atoms with Crippen LogP contribution in [0.2, 0.25) is 10.0 Å². The maximum atomic E-state index is 6.25. The molecule has 0 amide bonds. The monoisotopic (exact) mass is 570 g/mol. The zero-order valence-corrected chi connectivity index (χ0v) is 22.3. The van der Waals surface area contributed by atoms with Crippen molar-refractivity contribution in [1.82, 2.24) is 19.5 Å². The van der Waals surface area contributed by atoms with Crippen molar-refractivity contribution < 1.29 is 0 Å². The minimum atomic E-state index is 0.424. The summed E-state index contributed by atoms with van der Waals surface area (Å²) in [7, 11) is 0. The second-order valence-corrected chi connectivity index (χ2v) is 10.9. The van der Waals surface area contributed by atoms with Gasteiger partial charge in [0.1, 0.15) is 12.2 Å². The largest absolute Gasteiger partial charge is 0.368 e. The van der Waals surface area contributed by atoms with Gasteiger partial charge in [-0.1, -0.05) is 64.1 Å². The molecular formula is C26H25BrCl2N6. The molecule has 0 N–H and O–H groups in total. The molecule has 2 aromatic heterocycles. The molecule has 9 heteroatoms. The van der Waals surface area contributed by atoms with Gasteiger partial charge in [-0.25, -0.2) is 15.0 Å². The van der Waals surface area contributed by atoms with E-state index in [0.717, 1.165) is 77.6 Å². The number of halogens is 3. The van der Waals surface area contributed by atoms with Gasteiger partial charge >= 0.3 is 0 Å². The number of piperazine rings is 1. The molecule has 0 radical (unpaired) electrons. The van der Waals surface area contributed by atoms with E-state index in [4.69, 9.17) is 38.2 Å². The first-order valence-corrected chi connectivity index (χ1v) is 13.6. The zero-order valence-electron chi connectivity index (χ0n) is 19.2. The van der Waals surface area contributed by atoms with Crippen LogP contribution in [0, 0.1) is 0 Å². The first-order valence-electron chi connectivity index (χ1n) is 12.0. The number of anilines is 2. The van der Waals surface area contributed by atoms with Gasteiger partial charge in [-0.05, 0) is 43.2 Å². The van der Waals surface area contributed by atoms with Crippen molar-refractivity contribution in [2.45, 2.75) is 31.7 Å². The predicted molar refractivity (Wildman–Crippen MR) is 147 cm³/mol. The molecule has 6 nitrogen and oxygen atoms in total. The minimum Gasteiger partial charge on any atom is -0.368 e. The molecule has 1 saturated carbocycles. The number of fused-ring (bicyclic) bond motifs is 1. The van der Waals surface area contributed by atoms with E-state index in [1.165, 1.54) is 12.8 Å². The summed E-state index contributed by atoms with van der Waals surface area (Å²) in [5.41, 5.74) is 4.02. The van der Waals surface area contributed by atoms with Crippen LogP contribution in [-0.2, 0) is 0 Å². The summed E-state index contributed by atoms with van der Waals surface area (Å²) in [5.74, 6) is 1.90. The van der Waals surface area contributed by atoms with Gasteiger partial charge < -0.3 is 14.4 Å². The van der Waals surface area contributed by atoms with E-state index < -0.39 is 0 Å². The predicted octanol–water partition coefficient (Wildman–Crippen LogP) is 7.00. The quantitative estimate of drug-likeness (QED) is 0.264. The summed E-state index contributed by atoms with van der Waals surface area (Å²) < 4.78 is 3.42. The fourth-order valence-corrected chi connectivity index (χ4v) is 5.85. The second-order valence-electron chi connectivity index (χ2n) is 9.19. The van der Waals surface area contributed by atoms with E-state index in [9.17, 15) is 0 Å². The number of hydrogen-bond donors (Lipinski definition) is 0. The standard InChI is InChI=1S/C26H25BrCl2N6/c27-18-7-5-17(6-8-18)24-32-23-25(30-16-31-26(23)35(24)19-3-1-2-4-19)34-13-11-33(12-14-34)20-9-10-21(28)22(29)15-20/h5-10,15-16,19H,1-4,11-14H2. The van der Waals surface area contributed by atoms with Gasteiger partial charge in [-0.15, -0.1) is 0 Å². The maximum Gasteiger partial charge on any atom is 0.166 e. The lowest BCUT2D eigenvalue weighted by molar-refractivity contribution is 0.534. The van der Waals surface area contributed by atoms with E-state index in [-0.39, 0.29) is 0 Å². The molecule has 2 fully saturated rings. The zero-order chi connectivity index (χ0) is 23.9. The van der Waals surface area contributed by atoms with Crippen LogP contribution in [-0.4, -0.2) is 45.7 Å². The van der Waals surface area contributed by atoms with Gasteiger partial charge in [-0.3, -0.25) is 0 Å². The van der Waals surface area contributed by atoms with E-state index in [1.54, 1.807) is 6.33 Å². The molecule has 1 aliphatic carbocycles. The van der Waals surface area contributed by atoms with Gasteiger partial charge in [-0.2, -0.15) is 0 Å². The fourth-order valence-electron chi connectivity index (χ4n) is 5.30. The highest BCUT2D eigenvalue weighted by atomic mass is 79.9. The van der Waals surface area contributed by atoms with Crippen molar-refractivity contribution in [3.63, 3.8) is 0 Å². The Bertz CT molecular complexity index is 1360. The van der Waals surface area contributed by atoms with Gasteiger partial charge in [0.2, 0.25) is 0 Å². The van der Waals surface area contributed by atoms with Crippen molar-refractivity contribution in [1.29, 1.82) is 0 Å². The Morgan fingerprint density at radius 2 is 1.54 bits per heavy atom. The Morgan fingerprint density at radius 1 is 0.829 bits per heavy atom. The van der Waals surface area contributed by atoms with Crippen molar-refractivity contribution >= 4 is 61.8 Å². The Morgan fingerprint density at radius 3 is 2.26 bits per heavy atom. The van der Waals surface area contributed by atoms with Crippen LogP contribution in [0.25, 0.3) is 22.6 Å². The van der Waals surface area contributed by atoms with Crippen LogP contribution in [0.3, 0.4) is 0 Å². The second kappa shape index (κ2) is 9.60. The highest BCUT2D eigenvalue weighted by Crippen LogP contribution is 2.38. The minimum absolute atomic E-state index is 0.424. The van der Waals surface area contributed by atoms with Gasteiger partial charge in [0, 0.05) is 47.9 Å². The Kier molecular flexibility index (Phi) is 6.33. The molecule has 0 atom stereocenters. The average molecular weight is 572 g/mol. The number of hydrogen-bond acceptors (Lipinski definition) is 5. The number of imidazole rings is 1. The Balaban J connectivity index is 1.34. The van der Waals surface area contributed by atoms with E-state index in [2.05, 4.69) is 54.6 Å². The van der Waals surface area contributed by atoms with Crippen LogP contribution in [0.1, 0.15) is 31.7 Å². The fraction of sp³-hybridized carbons (Fsp3) is 0.346. The third kappa shape index (κ3) is 4.39. The summed E-state index contributed by atoms with van der Waals surface area (Å²) in [5, 5.41) is 1.17. The molecule has 0 unspecified atom stereocenters. The van der Waals surface area contributed by atoms with E-state index in [0.29, 0.717) is 16.1 Å². The van der Waals surface area contributed by atoms with Crippen molar-refractivity contribution in [3.05, 3.63) is 63.3 Å². The van der Waals surface area contributed by atoms with E-state index >= 15 is 0 Å². The molecule has 4 aromatic rings. The number of nitrogens with zero attached hydrogens (tertiary/aromatic N) is 6. The molecule has 3 heterocycles.